The first-order valence-corrected chi connectivity index (χ1v) is 6.66. The SMILES string of the molecule is O=C(Nc1cccc2cccnc12)c1cc(O)ccc1Cl. The molecular formula is C16H11ClN2O2. The fourth-order valence-electron chi connectivity index (χ4n) is 2.08. The third-order valence-corrected chi connectivity index (χ3v) is 3.41. The number of phenols is 1. The van der Waals surface area contributed by atoms with Crippen LogP contribution in [0.3, 0.4) is 0 Å². The molecular weight excluding hydrogens is 288 g/mol. The Labute approximate surface area is 126 Å². The molecule has 3 rings (SSSR count). The van der Waals surface area contributed by atoms with Crippen molar-refractivity contribution in [1.29, 1.82) is 0 Å². The van der Waals surface area contributed by atoms with Gasteiger partial charge < -0.3 is 10.4 Å². The van der Waals surface area contributed by atoms with Gasteiger partial charge in [0.25, 0.3) is 5.91 Å². The average Bonchev–Trinajstić information content (AvgIpc) is 2.50. The Kier molecular flexibility index (Phi) is 3.46. The number of rotatable bonds is 2. The molecule has 1 aromatic heterocycles. The molecule has 1 heterocycles. The van der Waals surface area contributed by atoms with Crippen LogP contribution in [0.5, 0.6) is 5.75 Å². The lowest BCUT2D eigenvalue weighted by molar-refractivity contribution is 0.102. The zero-order valence-corrected chi connectivity index (χ0v) is 11.6. The van der Waals surface area contributed by atoms with Crippen molar-refractivity contribution in [3.8, 4) is 5.75 Å². The van der Waals surface area contributed by atoms with Gasteiger partial charge in [0.1, 0.15) is 5.75 Å². The van der Waals surface area contributed by atoms with Gasteiger partial charge in [0.05, 0.1) is 21.8 Å². The normalized spacial score (nSPS) is 10.5. The summed E-state index contributed by atoms with van der Waals surface area (Å²) in [6, 6.07) is 13.5. The Morgan fingerprint density at radius 1 is 1.14 bits per heavy atom. The van der Waals surface area contributed by atoms with E-state index in [1.807, 2.05) is 24.3 Å². The van der Waals surface area contributed by atoms with Gasteiger partial charge in [-0.2, -0.15) is 0 Å². The molecule has 0 saturated heterocycles. The van der Waals surface area contributed by atoms with E-state index >= 15 is 0 Å². The Hall–Kier alpha value is -2.59. The molecule has 0 bridgehead atoms. The van der Waals surface area contributed by atoms with E-state index in [9.17, 15) is 9.90 Å². The number of carbonyl (C=O) groups is 1. The molecule has 0 aliphatic carbocycles. The number of amides is 1. The van der Waals surface area contributed by atoms with Crippen molar-refractivity contribution in [3.05, 3.63) is 65.3 Å². The molecule has 21 heavy (non-hydrogen) atoms. The lowest BCUT2D eigenvalue weighted by Crippen LogP contribution is -2.12. The monoisotopic (exact) mass is 298 g/mol. The summed E-state index contributed by atoms with van der Waals surface area (Å²) in [5.41, 5.74) is 1.51. The molecule has 0 fully saturated rings. The average molecular weight is 299 g/mol. The second-order valence-corrected chi connectivity index (χ2v) is 4.91. The second-order valence-electron chi connectivity index (χ2n) is 4.50. The van der Waals surface area contributed by atoms with Crippen LogP contribution in [0.1, 0.15) is 10.4 Å². The van der Waals surface area contributed by atoms with Gasteiger partial charge in [-0.05, 0) is 30.3 Å². The van der Waals surface area contributed by atoms with Crippen LogP contribution in [0.4, 0.5) is 5.69 Å². The Balaban J connectivity index is 1.99. The standard InChI is InChI=1S/C16H11ClN2O2/c17-13-7-6-11(20)9-12(13)16(21)19-14-5-1-3-10-4-2-8-18-15(10)14/h1-9,20H,(H,19,21). The van der Waals surface area contributed by atoms with E-state index in [2.05, 4.69) is 10.3 Å². The highest BCUT2D eigenvalue weighted by Gasteiger charge is 2.13. The van der Waals surface area contributed by atoms with Crippen molar-refractivity contribution in [1.82, 2.24) is 4.98 Å². The molecule has 0 unspecified atom stereocenters. The van der Waals surface area contributed by atoms with Crippen molar-refractivity contribution in [2.45, 2.75) is 0 Å². The number of aromatic hydroxyl groups is 1. The maximum atomic E-state index is 12.3. The van der Waals surface area contributed by atoms with E-state index < -0.39 is 5.91 Å². The number of pyridine rings is 1. The van der Waals surface area contributed by atoms with Gasteiger partial charge in [0.2, 0.25) is 0 Å². The van der Waals surface area contributed by atoms with Gasteiger partial charge in [0, 0.05) is 11.6 Å². The van der Waals surface area contributed by atoms with Crippen molar-refractivity contribution in [2.75, 3.05) is 5.32 Å². The molecule has 4 nitrogen and oxygen atoms in total. The van der Waals surface area contributed by atoms with Crippen LogP contribution >= 0.6 is 11.6 Å². The molecule has 1 amide bonds. The molecule has 0 atom stereocenters. The number of carbonyl (C=O) groups excluding carboxylic acids is 1. The molecule has 0 aliphatic rings. The minimum absolute atomic E-state index is 0.0133. The molecule has 0 aliphatic heterocycles. The summed E-state index contributed by atoms with van der Waals surface area (Å²) in [7, 11) is 0. The van der Waals surface area contributed by atoms with Crippen LogP contribution < -0.4 is 5.32 Å². The van der Waals surface area contributed by atoms with Crippen LogP contribution in [-0.2, 0) is 0 Å². The van der Waals surface area contributed by atoms with Crippen LogP contribution in [0.25, 0.3) is 10.9 Å². The number of nitrogens with zero attached hydrogens (tertiary/aromatic N) is 1. The first-order chi connectivity index (χ1) is 10.1. The number of fused-ring (bicyclic) bond motifs is 1. The first-order valence-electron chi connectivity index (χ1n) is 6.29. The summed E-state index contributed by atoms with van der Waals surface area (Å²) in [5, 5.41) is 13.4. The molecule has 104 valence electrons. The van der Waals surface area contributed by atoms with E-state index in [0.717, 1.165) is 5.39 Å². The number of anilines is 1. The fourth-order valence-corrected chi connectivity index (χ4v) is 2.29. The number of benzene rings is 2. The number of nitrogens with one attached hydrogen (secondary N) is 1. The van der Waals surface area contributed by atoms with Gasteiger partial charge >= 0.3 is 0 Å². The summed E-state index contributed by atoms with van der Waals surface area (Å²) in [6.07, 6.45) is 1.67. The zero-order chi connectivity index (χ0) is 14.8. The van der Waals surface area contributed by atoms with E-state index in [1.165, 1.54) is 18.2 Å². The first kappa shape index (κ1) is 13.4. The maximum Gasteiger partial charge on any atom is 0.257 e. The van der Waals surface area contributed by atoms with Crippen LogP contribution in [0.15, 0.2) is 54.7 Å². The van der Waals surface area contributed by atoms with Crippen LogP contribution in [-0.4, -0.2) is 16.0 Å². The van der Waals surface area contributed by atoms with Crippen molar-refractivity contribution < 1.29 is 9.90 Å². The van der Waals surface area contributed by atoms with Gasteiger partial charge in [-0.15, -0.1) is 0 Å². The van der Waals surface area contributed by atoms with E-state index in [-0.39, 0.29) is 16.3 Å². The zero-order valence-electron chi connectivity index (χ0n) is 10.9. The highest BCUT2D eigenvalue weighted by molar-refractivity contribution is 6.34. The number of aromatic nitrogens is 1. The summed E-state index contributed by atoms with van der Waals surface area (Å²) in [5.74, 6) is -0.408. The summed E-state index contributed by atoms with van der Waals surface area (Å²) in [4.78, 5) is 16.6. The van der Waals surface area contributed by atoms with Crippen LogP contribution in [0, 0.1) is 0 Å². The highest BCUT2D eigenvalue weighted by Crippen LogP contribution is 2.25. The van der Waals surface area contributed by atoms with E-state index in [1.54, 1.807) is 12.3 Å². The number of phenolic OH excluding ortho intramolecular Hbond substituents is 1. The molecule has 2 aromatic carbocycles. The summed E-state index contributed by atoms with van der Waals surface area (Å²) in [6.45, 7) is 0. The lowest BCUT2D eigenvalue weighted by Gasteiger charge is -2.09. The molecule has 3 aromatic rings. The lowest BCUT2D eigenvalue weighted by atomic mass is 10.1. The largest absolute Gasteiger partial charge is 0.508 e. The minimum Gasteiger partial charge on any atom is -0.508 e. The third kappa shape index (κ3) is 2.66. The predicted molar refractivity (Wildman–Crippen MR) is 82.8 cm³/mol. The number of hydrogen-bond acceptors (Lipinski definition) is 3. The smallest absolute Gasteiger partial charge is 0.257 e. The van der Waals surface area contributed by atoms with Gasteiger partial charge in [0.15, 0.2) is 0 Å². The molecule has 5 heteroatoms. The van der Waals surface area contributed by atoms with Crippen LogP contribution in [0.2, 0.25) is 5.02 Å². The van der Waals surface area contributed by atoms with E-state index in [4.69, 9.17) is 11.6 Å². The minimum atomic E-state index is -0.394. The third-order valence-electron chi connectivity index (χ3n) is 3.08. The topological polar surface area (TPSA) is 62.2 Å². The molecule has 0 saturated carbocycles. The molecule has 0 spiro atoms. The quantitative estimate of drug-likeness (QED) is 0.755. The Morgan fingerprint density at radius 3 is 2.81 bits per heavy atom. The van der Waals surface area contributed by atoms with Gasteiger partial charge in [-0.1, -0.05) is 29.8 Å². The number of para-hydroxylation sites is 1. The molecule has 2 N–H and O–H groups in total. The van der Waals surface area contributed by atoms with Crippen molar-refractivity contribution in [3.63, 3.8) is 0 Å². The summed E-state index contributed by atoms with van der Waals surface area (Å²) < 4.78 is 0. The fraction of sp³-hybridized carbons (Fsp3) is 0. The Morgan fingerprint density at radius 2 is 1.95 bits per heavy atom. The summed E-state index contributed by atoms with van der Waals surface area (Å²) >= 11 is 5.99. The number of halogens is 1. The molecule has 0 radical (unpaired) electrons. The van der Waals surface area contributed by atoms with E-state index in [0.29, 0.717) is 11.2 Å². The second kappa shape index (κ2) is 5.42. The van der Waals surface area contributed by atoms with Gasteiger partial charge in [-0.25, -0.2) is 0 Å². The highest BCUT2D eigenvalue weighted by atomic mass is 35.5. The maximum absolute atomic E-state index is 12.3. The number of hydrogen-bond donors (Lipinski definition) is 2. The van der Waals surface area contributed by atoms with Crippen molar-refractivity contribution in [2.24, 2.45) is 0 Å². The Bertz CT molecular complexity index is 828. The van der Waals surface area contributed by atoms with Gasteiger partial charge in [-0.3, -0.25) is 9.78 Å². The van der Waals surface area contributed by atoms with Crippen molar-refractivity contribution >= 4 is 34.1 Å². The predicted octanol–water partition coefficient (Wildman–Crippen LogP) is 3.85.